The largest absolute Gasteiger partial charge is 0.462 e. The van der Waals surface area contributed by atoms with Gasteiger partial charge >= 0.3 is 5.97 Å². The molecule has 168 valence electrons. The van der Waals surface area contributed by atoms with Gasteiger partial charge < -0.3 is 14.5 Å². The average Bonchev–Trinajstić information content (AvgIpc) is 2.78. The summed E-state index contributed by atoms with van der Waals surface area (Å²) in [4.78, 5) is 39.0. The van der Waals surface area contributed by atoms with Crippen LogP contribution in [0.2, 0.25) is 5.02 Å². The van der Waals surface area contributed by atoms with E-state index in [1.165, 1.54) is 12.1 Å². The lowest BCUT2D eigenvalue weighted by Gasteiger charge is -2.37. The minimum absolute atomic E-state index is 0.130. The number of ether oxygens (including phenoxy) is 1. The molecule has 2 aromatic rings. The van der Waals surface area contributed by atoms with Crippen molar-refractivity contribution in [1.82, 2.24) is 10.2 Å². The summed E-state index contributed by atoms with van der Waals surface area (Å²) >= 11 is 11.3. The van der Waals surface area contributed by atoms with Crippen molar-refractivity contribution in [3.8, 4) is 0 Å². The first-order valence-electron chi connectivity index (χ1n) is 9.86. The smallest absolute Gasteiger partial charge is 0.338 e. The molecule has 1 amide bonds. The molecule has 0 radical (unpaired) electrons. The zero-order valence-electron chi connectivity index (χ0n) is 17.2. The summed E-state index contributed by atoms with van der Waals surface area (Å²) in [6.45, 7) is 3.68. The van der Waals surface area contributed by atoms with Crippen LogP contribution in [-0.4, -0.2) is 59.6 Å². The highest BCUT2D eigenvalue weighted by atomic mass is 35.5. The van der Waals surface area contributed by atoms with Crippen molar-refractivity contribution >= 4 is 52.2 Å². The third kappa shape index (κ3) is 5.51. The molecule has 0 aliphatic carbocycles. The summed E-state index contributed by atoms with van der Waals surface area (Å²) in [7, 11) is 0. The number of piperazine rings is 1. The molecule has 0 aromatic heterocycles. The van der Waals surface area contributed by atoms with E-state index in [4.69, 9.17) is 28.6 Å². The SMILES string of the molecule is CCOC(=O)c1ccc(N2CCN(C(=S)NC(=O)c3cccc(Cl)c3)CC2)c([N+](=O)[O-])c1. The average molecular weight is 477 g/mol. The summed E-state index contributed by atoms with van der Waals surface area (Å²) in [6, 6.07) is 10.8. The number of carbonyl (C=O) groups excluding carboxylic acids is 2. The lowest BCUT2D eigenvalue weighted by Crippen LogP contribution is -2.52. The molecule has 1 aliphatic heterocycles. The predicted molar refractivity (Wildman–Crippen MR) is 124 cm³/mol. The Labute approximate surface area is 195 Å². The molecule has 0 spiro atoms. The molecule has 1 heterocycles. The van der Waals surface area contributed by atoms with E-state index in [0.717, 1.165) is 0 Å². The molecule has 2 aromatic carbocycles. The Bertz CT molecular complexity index is 1060. The Morgan fingerprint density at radius 1 is 1.16 bits per heavy atom. The maximum absolute atomic E-state index is 12.4. The monoisotopic (exact) mass is 476 g/mol. The van der Waals surface area contributed by atoms with Crippen molar-refractivity contribution < 1.29 is 19.2 Å². The number of nitrogens with zero attached hydrogens (tertiary/aromatic N) is 3. The van der Waals surface area contributed by atoms with Gasteiger partial charge in [0, 0.05) is 42.8 Å². The van der Waals surface area contributed by atoms with Gasteiger partial charge in [0.2, 0.25) is 0 Å². The molecule has 32 heavy (non-hydrogen) atoms. The van der Waals surface area contributed by atoms with Gasteiger partial charge in [0.1, 0.15) is 5.69 Å². The molecular weight excluding hydrogens is 456 g/mol. The molecule has 1 aliphatic rings. The van der Waals surface area contributed by atoms with Crippen LogP contribution < -0.4 is 10.2 Å². The van der Waals surface area contributed by atoms with Crippen molar-refractivity contribution in [2.45, 2.75) is 6.92 Å². The first-order chi connectivity index (χ1) is 15.3. The zero-order valence-corrected chi connectivity index (χ0v) is 18.8. The van der Waals surface area contributed by atoms with Crippen LogP contribution in [0.4, 0.5) is 11.4 Å². The second kappa shape index (κ2) is 10.4. The van der Waals surface area contributed by atoms with Crippen LogP contribution in [-0.2, 0) is 4.74 Å². The van der Waals surface area contributed by atoms with Gasteiger partial charge in [-0.1, -0.05) is 17.7 Å². The maximum Gasteiger partial charge on any atom is 0.338 e. The number of anilines is 1. The Balaban J connectivity index is 1.65. The first kappa shape index (κ1) is 23.4. The fourth-order valence-electron chi connectivity index (χ4n) is 3.31. The second-order valence-corrected chi connectivity index (χ2v) is 7.75. The van der Waals surface area contributed by atoms with E-state index in [1.807, 2.05) is 9.80 Å². The highest BCUT2D eigenvalue weighted by Crippen LogP contribution is 2.30. The van der Waals surface area contributed by atoms with Gasteiger partial charge in [0.25, 0.3) is 11.6 Å². The number of halogens is 1. The van der Waals surface area contributed by atoms with E-state index in [1.54, 1.807) is 37.3 Å². The van der Waals surface area contributed by atoms with Crippen LogP contribution in [0, 0.1) is 10.1 Å². The summed E-state index contributed by atoms with van der Waals surface area (Å²) < 4.78 is 4.92. The van der Waals surface area contributed by atoms with Gasteiger partial charge in [-0.05, 0) is 49.5 Å². The molecule has 0 unspecified atom stereocenters. The molecule has 1 fully saturated rings. The molecule has 11 heteroatoms. The number of hydrogen-bond donors (Lipinski definition) is 1. The highest BCUT2D eigenvalue weighted by molar-refractivity contribution is 7.80. The fraction of sp³-hybridized carbons (Fsp3) is 0.286. The second-order valence-electron chi connectivity index (χ2n) is 6.92. The third-order valence-corrected chi connectivity index (χ3v) is 5.49. The molecule has 0 bridgehead atoms. The van der Waals surface area contributed by atoms with E-state index < -0.39 is 10.9 Å². The molecule has 1 saturated heterocycles. The van der Waals surface area contributed by atoms with Crippen molar-refractivity contribution in [1.29, 1.82) is 0 Å². The van der Waals surface area contributed by atoms with Crippen molar-refractivity contribution in [2.24, 2.45) is 0 Å². The molecule has 0 saturated carbocycles. The number of nitrogens with one attached hydrogen (secondary N) is 1. The number of thiocarbonyl (C=S) groups is 1. The van der Waals surface area contributed by atoms with Gasteiger partial charge in [-0.25, -0.2) is 4.79 Å². The van der Waals surface area contributed by atoms with Crippen molar-refractivity contribution in [2.75, 3.05) is 37.7 Å². The number of esters is 1. The summed E-state index contributed by atoms with van der Waals surface area (Å²) in [5, 5.41) is 15.0. The molecule has 9 nitrogen and oxygen atoms in total. The summed E-state index contributed by atoms with van der Waals surface area (Å²) in [6.07, 6.45) is 0. The van der Waals surface area contributed by atoms with Gasteiger partial charge in [0.05, 0.1) is 17.1 Å². The van der Waals surface area contributed by atoms with Crippen LogP contribution in [0.25, 0.3) is 0 Å². The van der Waals surface area contributed by atoms with Crippen molar-refractivity contribution in [3.63, 3.8) is 0 Å². The summed E-state index contributed by atoms with van der Waals surface area (Å²) in [5.41, 5.74) is 0.777. The zero-order chi connectivity index (χ0) is 23.3. The van der Waals surface area contributed by atoms with Crippen molar-refractivity contribution in [3.05, 3.63) is 68.7 Å². The van der Waals surface area contributed by atoms with Crippen LogP contribution in [0.5, 0.6) is 0 Å². The minimum atomic E-state index is -0.604. The van der Waals surface area contributed by atoms with Crippen LogP contribution in [0.15, 0.2) is 42.5 Å². The van der Waals surface area contributed by atoms with Crippen LogP contribution >= 0.6 is 23.8 Å². The standard InChI is InChI=1S/C21H21ClN4O5S/c1-2-31-20(28)15-6-7-17(18(13-15)26(29)30)24-8-10-25(11-9-24)21(32)23-19(27)14-4-3-5-16(22)12-14/h3-7,12-13H,2,8-11H2,1H3,(H,23,27,32). The predicted octanol–water partition coefficient (Wildman–Crippen LogP) is 3.26. The van der Waals surface area contributed by atoms with E-state index in [0.29, 0.717) is 42.5 Å². The summed E-state index contributed by atoms with van der Waals surface area (Å²) in [5.74, 6) is -0.960. The number of nitro benzene ring substituents is 1. The van der Waals surface area contributed by atoms with Gasteiger partial charge in [-0.15, -0.1) is 0 Å². The molecular formula is C21H21ClN4O5S. The molecule has 1 N–H and O–H groups in total. The third-order valence-electron chi connectivity index (χ3n) is 4.90. The number of rotatable bonds is 5. The fourth-order valence-corrected chi connectivity index (χ4v) is 3.77. The topological polar surface area (TPSA) is 105 Å². The van der Waals surface area contributed by atoms with E-state index in [2.05, 4.69) is 5.32 Å². The van der Waals surface area contributed by atoms with Gasteiger partial charge in [-0.2, -0.15) is 0 Å². The Morgan fingerprint density at radius 2 is 1.88 bits per heavy atom. The number of carbonyl (C=O) groups is 2. The lowest BCUT2D eigenvalue weighted by molar-refractivity contribution is -0.384. The Hall–Kier alpha value is -3.24. The lowest BCUT2D eigenvalue weighted by atomic mass is 10.1. The number of benzene rings is 2. The number of nitro groups is 1. The first-order valence-corrected chi connectivity index (χ1v) is 10.6. The van der Waals surface area contributed by atoms with Gasteiger partial charge in [-0.3, -0.25) is 20.2 Å². The Kier molecular flexibility index (Phi) is 7.60. The van der Waals surface area contributed by atoms with E-state index in [9.17, 15) is 19.7 Å². The Morgan fingerprint density at radius 3 is 2.50 bits per heavy atom. The minimum Gasteiger partial charge on any atom is -0.462 e. The number of hydrogen-bond acceptors (Lipinski definition) is 7. The molecule has 3 rings (SSSR count). The van der Waals surface area contributed by atoms with E-state index >= 15 is 0 Å². The highest BCUT2D eigenvalue weighted by Gasteiger charge is 2.26. The normalized spacial score (nSPS) is 13.4. The van der Waals surface area contributed by atoms with Gasteiger partial charge in [0.15, 0.2) is 5.11 Å². The quantitative estimate of drug-likeness (QED) is 0.303. The maximum atomic E-state index is 12.4. The van der Waals surface area contributed by atoms with E-state index in [-0.39, 0.29) is 28.9 Å². The molecule has 0 atom stereocenters. The number of amides is 1. The van der Waals surface area contributed by atoms with Crippen LogP contribution in [0.3, 0.4) is 0 Å². The van der Waals surface area contributed by atoms with Crippen LogP contribution in [0.1, 0.15) is 27.6 Å².